The summed E-state index contributed by atoms with van der Waals surface area (Å²) in [6, 6.07) is 19.8. The minimum absolute atomic E-state index is 0.0608. The van der Waals surface area contributed by atoms with Gasteiger partial charge in [-0.15, -0.1) is 10.2 Å². The summed E-state index contributed by atoms with van der Waals surface area (Å²) < 4.78 is 3.47. The molecule has 28 heavy (non-hydrogen) atoms. The van der Waals surface area contributed by atoms with Crippen molar-refractivity contribution in [1.82, 2.24) is 29.4 Å². The molecule has 0 atom stereocenters. The zero-order valence-corrected chi connectivity index (χ0v) is 15.3. The summed E-state index contributed by atoms with van der Waals surface area (Å²) >= 11 is 0. The zero-order chi connectivity index (χ0) is 19.1. The first-order chi connectivity index (χ1) is 13.7. The molecule has 0 saturated carbocycles. The molecule has 138 valence electrons. The SMILES string of the molecule is CCc1cc2nnc(-c3nc4ccccc4n3Cc3ccccc3)c(O)n2n1. The highest BCUT2D eigenvalue weighted by atomic mass is 16.3. The lowest BCUT2D eigenvalue weighted by molar-refractivity contribution is 0.432. The number of rotatable bonds is 4. The van der Waals surface area contributed by atoms with Crippen molar-refractivity contribution in [2.45, 2.75) is 19.9 Å². The molecular weight excluding hydrogens is 352 g/mol. The Balaban J connectivity index is 1.73. The van der Waals surface area contributed by atoms with Gasteiger partial charge in [-0.3, -0.25) is 0 Å². The van der Waals surface area contributed by atoms with E-state index in [-0.39, 0.29) is 5.88 Å². The predicted octanol–water partition coefficient (Wildman–Crippen LogP) is 3.46. The zero-order valence-electron chi connectivity index (χ0n) is 15.3. The molecule has 0 saturated heterocycles. The first-order valence-electron chi connectivity index (χ1n) is 9.18. The Morgan fingerprint density at radius 2 is 1.75 bits per heavy atom. The molecule has 0 aliphatic carbocycles. The second kappa shape index (κ2) is 6.45. The van der Waals surface area contributed by atoms with Crippen molar-refractivity contribution in [1.29, 1.82) is 0 Å². The van der Waals surface area contributed by atoms with E-state index in [0.29, 0.717) is 23.7 Å². The molecule has 1 N–H and O–H groups in total. The summed E-state index contributed by atoms with van der Waals surface area (Å²) in [4.78, 5) is 4.73. The molecule has 0 spiro atoms. The Labute approximate surface area is 160 Å². The maximum atomic E-state index is 10.9. The van der Waals surface area contributed by atoms with Gasteiger partial charge in [-0.25, -0.2) is 4.98 Å². The van der Waals surface area contributed by atoms with E-state index in [2.05, 4.69) is 27.4 Å². The van der Waals surface area contributed by atoms with Crippen LogP contribution < -0.4 is 0 Å². The Kier molecular flexibility index (Phi) is 3.79. The van der Waals surface area contributed by atoms with Crippen LogP contribution in [-0.2, 0) is 13.0 Å². The minimum Gasteiger partial charge on any atom is -0.492 e. The lowest BCUT2D eigenvalue weighted by Crippen LogP contribution is -2.06. The summed E-state index contributed by atoms with van der Waals surface area (Å²) in [6.45, 7) is 2.61. The molecule has 0 aliphatic heterocycles. The lowest BCUT2D eigenvalue weighted by Gasteiger charge is -2.10. The molecule has 0 bridgehead atoms. The highest BCUT2D eigenvalue weighted by molar-refractivity contribution is 5.81. The third-order valence-corrected chi connectivity index (χ3v) is 4.82. The fourth-order valence-corrected chi connectivity index (χ4v) is 3.39. The number of nitrogens with zero attached hydrogens (tertiary/aromatic N) is 6. The van der Waals surface area contributed by atoms with Crippen LogP contribution in [0.25, 0.3) is 28.2 Å². The monoisotopic (exact) mass is 370 g/mol. The normalized spacial score (nSPS) is 11.5. The number of benzene rings is 2. The van der Waals surface area contributed by atoms with E-state index in [4.69, 9.17) is 4.98 Å². The molecule has 2 aromatic carbocycles. The van der Waals surface area contributed by atoms with Gasteiger partial charge < -0.3 is 9.67 Å². The molecule has 3 aromatic heterocycles. The van der Waals surface area contributed by atoms with Crippen LogP contribution in [0.1, 0.15) is 18.2 Å². The Morgan fingerprint density at radius 3 is 2.57 bits per heavy atom. The fourth-order valence-electron chi connectivity index (χ4n) is 3.39. The fraction of sp³-hybridized carbons (Fsp3) is 0.143. The van der Waals surface area contributed by atoms with Gasteiger partial charge >= 0.3 is 0 Å². The topological polar surface area (TPSA) is 81.1 Å². The summed E-state index contributed by atoms with van der Waals surface area (Å²) in [5.74, 6) is 0.500. The largest absolute Gasteiger partial charge is 0.492 e. The quantitative estimate of drug-likeness (QED) is 0.524. The van der Waals surface area contributed by atoms with Crippen LogP contribution in [0, 0.1) is 0 Å². The van der Waals surface area contributed by atoms with Crippen LogP contribution in [0.3, 0.4) is 0 Å². The number of fused-ring (bicyclic) bond motifs is 2. The van der Waals surface area contributed by atoms with E-state index in [1.54, 1.807) is 0 Å². The van der Waals surface area contributed by atoms with Gasteiger partial charge in [0.1, 0.15) is 0 Å². The average molecular weight is 370 g/mol. The van der Waals surface area contributed by atoms with Crippen LogP contribution in [0.2, 0.25) is 0 Å². The lowest BCUT2D eigenvalue weighted by atomic mass is 10.2. The van der Waals surface area contributed by atoms with Gasteiger partial charge in [0.05, 0.1) is 16.7 Å². The number of hydrogen-bond donors (Lipinski definition) is 1. The number of aromatic hydroxyl groups is 1. The van der Waals surface area contributed by atoms with Crippen molar-refractivity contribution in [2.24, 2.45) is 0 Å². The van der Waals surface area contributed by atoms with Crippen molar-refractivity contribution in [3.05, 3.63) is 71.9 Å². The van der Waals surface area contributed by atoms with E-state index >= 15 is 0 Å². The molecule has 7 heteroatoms. The molecular formula is C21H18N6O. The summed E-state index contributed by atoms with van der Waals surface area (Å²) in [5.41, 5.74) is 4.61. The number of aryl methyl sites for hydroxylation is 1. The number of imidazole rings is 1. The van der Waals surface area contributed by atoms with Gasteiger partial charge in [0, 0.05) is 12.6 Å². The summed E-state index contributed by atoms with van der Waals surface area (Å²) in [7, 11) is 0. The molecule has 0 amide bonds. The van der Waals surface area contributed by atoms with Crippen molar-refractivity contribution in [2.75, 3.05) is 0 Å². The number of hydrogen-bond acceptors (Lipinski definition) is 5. The highest BCUT2D eigenvalue weighted by Crippen LogP contribution is 2.30. The van der Waals surface area contributed by atoms with Gasteiger partial charge in [-0.05, 0) is 24.1 Å². The Morgan fingerprint density at radius 1 is 0.964 bits per heavy atom. The van der Waals surface area contributed by atoms with Crippen LogP contribution in [0.5, 0.6) is 5.88 Å². The third kappa shape index (κ3) is 2.60. The first kappa shape index (κ1) is 16.4. The third-order valence-electron chi connectivity index (χ3n) is 4.82. The highest BCUT2D eigenvalue weighted by Gasteiger charge is 2.21. The maximum absolute atomic E-state index is 10.9. The van der Waals surface area contributed by atoms with Crippen molar-refractivity contribution >= 4 is 16.7 Å². The summed E-state index contributed by atoms with van der Waals surface area (Å²) in [5, 5.41) is 23.8. The Hall–Kier alpha value is -3.74. The molecule has 0 fully saturated rings. The minimum atomic E-state index is -0.0608. The van der Waals surface area contributed by atoms with E-state index in [1.807, 2.05) is 60.0 Å². The molecule has 0 aliphatic rings. The van der Waals surface area contributed by atoms with Crippen molar-refractivity contribution in [3.63, 3.8) is 0 Å². The van der Waals surface area contributed by atoms with E-state index in [0.717, 1.165) is 28.7 Å². The van der Waals surface area contributed by atoms with Crippen molar-refractivity contribution < 1.29 is 5.11 Å². The standard InChI is InChI=1S/C21H18N6O/c1-2-15-12-18-23-24-19(21(28)27(18)25-15)20-22-16-10-6-7-11-17(16)26(20)13-14-8-4-3-5-9-14/h3-12,28H,2,13H2,1H3. The van der Waals surface area contributed by atoms with Crippen LogP contribution in [0.4, 0.5) is 0 Å². The van der Waals surface area contributed by atoms with Gasteiger partial charge in [0.2, 0.25) is 5.88 Å². The molecule has 0 unspecified atom stereocenters. The first-order valence-corrected chi connectivity index (χ1v) is 9.18. The van der Waals surface area contributed by atoms with Gasteiger partial charge in [-0.2, -0.15) is 9.61 Å². The van der Waals surface area contributed by atoms with Crippen LogP contribution in [-0.4, -0.2) is 34.5 Å². The molecule has 0 radical (unpaired) electrons. The molecule has 3 heterocycles. The van der Waals surface area contributed by atoms with Crippen molar-refractivity contribution in [3.8, 4) is 17.4 Å². The molecule has 7 nitrogen and oxygen atoms in total. The maximum Gasteiger partial charge on any atom is 0.246 e. The van der Waals surface area contributed by atoms with E-state index in [9.17, 15) is 5.11 Å². The van der Waals surface area contributed by atoms with E-state index in [1.165, 1.54) is 4.52 Å². The average Bonchev–Trinajstić information content (AvgIpc) is 3.31. The Bertz CT molecular complexity index is 1290. The van der Waals surface area contributed by atoms with Gasteiger partial charge in [-0.1, -0.05) is 49.4 Å². The van der Waals surface area contributed by atoms with Gasteiger partial charge in [0.25, 0.3) is 0 Å². The summed E-state index contributed by atoms with van der Waals surface area (Å²) in [6.07, 6.45) is 0.755. The molecule has 5 aromatic rings. The van der Waals surface area contributed by atoms with Crippen LogP contribution in [0.15, 0.2) is 60.7 Å². The van der Waals surface area contributed by atoms with Crippen LogP contribution >= 0.6 is 0 Å². The second-order valence-electron chi connectivity index (χ2n) is 6.63. The predicted molar refractivity (Wildman–Crippen MR) is 106 cm³/mol. The van der Waals surface area contributed by atoms with E-state index < -0.39 is 0 Å². The molecule has 5 rings (SSSR count). The van der Waals surface area contributed by atoms with Gasteiger partial charge in [0.15, 0.2) is 17.2 Å². The second-order valence-corrected chi connectivity index (χ2v) is 6.63. The number of aromatic nitrogens is 6. The smallest absolute Gasteiger partial charge is 0.246 e. The number of para-hydroxylation sites is 2.